The largest absolute Gasteiger partial charge is 0.340 e. The highest BCUT2D eigenvalue weighted by molar-refractivity contribution is 6.09. The zero-order valence-corrected chi connectivity index (χ0v) is 42.2. The lowest BCUT2D eigenvalue weighted by Gasteiger charge is -2.20. The van der Waals surface area contributed by atoms with Crippen molar-refractivity contribution in [1.82, 2.24) is 9.13 Å². The number of aromatic nitrogens is 2. The van der Waals surface area contributed by atoms with Gasteiger partial charge in [0.15, 0.2) is 0 Å². The van der Waals surface area contributed by atoms with Crippen LogP contribution in [0.1, 0.15) is 104 Å². The molecule has 0 saturated heterocycles. The first-order chi connectivity index (χ1) is 33.3. The van der Waals surface area contributed by atoms with Crippen LogP contribution in [0.2, 0.25) is 0 Å². The van der Waals surface area contributed by atoms with Gasteiger partial charge in [0.2, 0.25) is 0 Å². The van der Waals surface area contributed by atoms with Crippen molar-refractivity contribution in [2.24, 2.45) is 0 Å². The van der Waals surface area contributed by atoms with Gasteiger partial charge in [-0.05, 0) is 82.1 Å². The predicted molar refractivity (Wildman–Crippen MR) is 298 cm³/mol. The van der Waals surface area contributed by atoms with Crippen molar-refractivity contribution in [3.8, 4) is 34.1 Å². The Balaban J connectivity index is 0.000000131. The van der Waals surface area contributed by atoms with Gasteiger partial charge in [-0.15, -0.1) is 5.92 Å². The molecule has 2 heteroatoms. The Kier molecular flexibility index (Phi) is 15.9. The summed E-state index contributed by atoms with van der Waals surface area (Å²) in [7, 11) is 0. The standard InChI is InChI=1S/C16H17N.C16H13N.2C15H14.2C2H6/c2*1-2-3-12-17-15-10-6-4-8-13(15)14-9-5-7-11-16(14)17;2*1-15(2)13-9-5-3-7-11(13)12-8-4-6-10-14(12)15;2*1-2/h4-11H,2-3,12H2,1H3;4-11H,12H2,1H3;2*3-10H,1-2H3;2*1-2H3. The predicted octanol–water partition coefficient (Wildman–Crippen LogP) is 18.5. The quantitative estimate of drug-likeness (QED) is 0.156. The first-order valence-electron chi connectivity index (χ1n) is 25.0. The number of rotatable bonds is 4. The van der Waals surface area contributed by atoms with E-state index in [0.29, 0.717) is 0 Å². The molecule has 0 saturated carbocycles. The van der Waals surface area contributed by atoms with Crippen LogP contribution in [0.25, 0.3) is 65.9 Å². The van der Waals surface area contributed by atoms with E-state index in [0.717, 1.165) is 13.1 Å². The van der Waals surface area contributed by atoms with Gasteiger partial charge in [-0.1, -0.05) is 245 Å². The minimum Gasteiger partial charge on any atom is -0.340 e. The minimum absolute atomic E-state index is 0.160. The van der Waals surface area contributed by atoms with Crippen LogP contribution in [-0.2, 0) is 23.9 Å². The molecule has 0 fully saturated rings. The van der Waals surface area contributed by atoms with Gasteiger partial charge in [0, 0.05) is 61.0 Å². The molecular formula is C66H70N2. The second-order valence-corrected chi connectivity index (χ2v) is 18.0. The van der Waals surface area contributed by atoms with Crippen LogP contribution in [0, 0.1) is 11.8 Å². The summed E-state index contributed by atoms with van der Waals surface area (Å²) in [5.74, 6) is 6.11. The number of hydrogen-bond donors (Lipinski definition) is 0. The minimum atomic E-state index is 0.160. The van der Waals surface area contributed by atoms with Gasteiger partial charge in [-0.3, -0.25) is 0 Å². The molecule has 10 aromatic rings. The number of para-hydroxylation sites is 4. The Morgan fingerprint density at radius 1 is 0.368 bits per heavy atom. The fourth-order valence-electron chi connectivity index (χ4n) is 10.2. The molecule has 2 nitrogen and oxygen atoms in total. The molecule has 0 unspecified atom stereocenters. The lowest BCUT2D eigenvalue weighted by atomic mass is 9.82. The molecule has 0 spiro atoms. The molecule has 0 atom stereocenters. The highest BCUT2D eigenvalue weighted by Gasteiger charge is 2.35. The summed E-state index contributed by atoms with van der Waals surface area (Å²) in [5.41, 5.74) is 17.0. The molecule has 2 aliphatic rings. The lowest BCUT2D eigenvalue weighted by Crippen LogP contribution is -2.14. The van der Waals surface area contributed by atoms with E-state index < -0.39 is 0 Å². The van der Waals surface area contributed by atoms with Crippen LogP contribution >= 0.6 is 0 Å². The average molecular weight is 891 g/mol. The van der Waals surface area contributed by atoms with Crippen molar-refractivity contribution in [2.45, 2.75) is 106 Å². The Bertz CT molecular complexity index is 3020. The summed E-state index contributed by atoms with van der Waals surface area (Å²) in [6.07, 6.45) is 2.48. The third-order valence-electron chi connectivity index (χ3n) is 13.5. The molecule has 0 bridgehead atoms. The summed E-state index contributed by atoms with van der Waals surface area (Å²) in [6, 6.07) is 69.3. The van der Waals surface area contributed by atoms with E-state index in [4.69, 9.17) is 0 Å². The molecule has 2 aliphatic carbocycles. The number of nitrogens with zero attached hydrogens (tertiary/aromatic N) is 2. The van der Waals surface area contributed by atoms with Crippen LogP contribution in [0.4, 0.5) is 0 Å². The van der Waals surface area contributed by atoms with Gasteiger partial charge in [-0.2, -0.15) is 0 Å². The third-order valence-corrected chi connectivity index (χ3v) is 13.5. The molecular weight excluding hydrogens is 821 g/mol. The number of hydrogen-bond acceptors (Lipinski definition) is 0. The molecule has 68 heavy (non-hydrogen) atoms. The van der Waals surface area contributed by atoms with Gasteiger partial charge in [-0.25, -0.2) is 0 Å². The molecule has 2 aromatic heterocycles. The van der Waals surface area contributed by atoms with Crippen molar-refractivity contribution < 1.29 is 0 Å². The Morgan fingerprint density at radius 3 is 0.926 bits per heavy atom. The first-order valence-corrected chi connectivity index (χ1v) is 25.0. The van der Waals surface area contributed by atoms with E-state index in [1.165, 1.54) is 101 Å². The van der Waals surface area contributed by atoms with Gasteiger partial charge < -0.3 is 9.13 Å². The molecule has 0 N–H and O–H groups in total. The summed E-state index contributed by atoms with van der Waals surface area (Å²) in [5, 5.41) is 5.36. The highest BCUT2D eigenvalue weighted by atomic mass is 15.0. The van der Waals surface area contributed by atoms with Gasteiger partial charge >= 0.3 is 0 Å². The lowest BCUT2D eigenvalue weighted by molar-refractivity contribution is 0.660. The molecule has 0 amide bonds. The van der Waals surface area contributed by atoms with Crippen LogP contribution < -0.4 is 0 Å². The maximum absolute atomic E-state index is 3.15. The Hall–Kier alpha value is -7.08. The highest BCUT2D eigenvalue weighted by Crippen LogP contribution is 2.49. The number of fused-ring (bicyclic) bond motifs is 12. The zero-order valence-electron chi connectivity index (χ0n) is 42.2. The average Bonchev–Trinajstić information content (AvgIpc) is 4.06. The van der Waals surface area contributed by atoms with E-state index in [-0.39, 0.29) is 10.8 Å². The molecule has 344 valence electrons. The normalized spacial score (nSPS) is 12.6. The molecule has 0 aliphatic heterocycles. The maximum Gasteiger partial charge on any atom is 0.0843 e. The first kappa shape index (κ1) is 48.8. The van der Waals surface area contributed by atoms with E-state index >= 15 is 0 Å². The topological polar surface area (TPSA) is 9.86 Å². The second kappa shape index (κ2) is 22.1. The monoisotopic (exact) mass is 891 g/mol. The van der Waals surface area contributed by atoms with E-state index in [2.05, 4.69) is 250 Å². The van der Waals surface area contributed by atoms with E-state index in [1.54, 1.807) is 0 Å². The van der Waals surface area contributed by atoms with Gasteiger partial charge in [0.05, 0.1) is 6.54 Å². The Labute approximate surface area is 407 Å². The number of aryl methyl sites for hydroxylation is 1. The van der Waals surface area contributed by atoms with Gasteiger partial charge in [0.25, 0.3) is 0 Å². The summed E-state index contributed by atoms with van der Waals surface area (Å²) < 4.78 is 4.73. The van der Waals surface area contributed by atoms with E-state index in [1.807, 2.05) is 34.6 Å². The maximum atomic E-state index is 3.15. The van der Waals surface area contributed by atoms with Gasteiger partial charge in [0.1, 0.15) is 0 Å². The number of benzene rings is 8. The Morgan fingerprint density at radius 2 is 0.632 bits per heavy atom. The van der Waals surface area contributed by atoms with Crippen LogP contribution in [-0.4, -0.2) is 9.13 Å². The smallest absolute Gasteiger partial charge is 0.0843 e. The molecule has 8 aromatic carbocycles. The van der Waals surface area contributed by atoms with Crippen LogP contribution in [0.3, 0.4) is 0 Å². The van der Waals surface area contributed by atoms with Crippen LogP contribution in [0.5, 0.6) is 0 Å². The van der Waals surface area contributed by atoms with Crippen molar-refractivity contribution in [2.75, 3.05) is 0 Å². The molecule has 12 rings (SSSR count). The summed E-state index contributed by atoms with van der Waals surface area (Å²) in [6.45, 7) is 23.2. The van der Waals surface area contributed by atoms with Crippen molar-refractivity contribution in [3.05, 3.63) is 216 Å². The molecule has 0 radical (unpaired) electrons. The fraction of sp³-hybridized carbons (Fsp3) is 0.242. The van der Waals surface area contributed by atoms with Crippen molar-refractivity contribution >= 4 is 43.6 Å². The van der Waals surface area contributed by atoms with E-state index in [9.17, 15) is 0 Å². The SMILES string of the molecule is CC.CC.CC#CCn1c2ccccc2c2ccccc21.CC1(C)c2ccccc2-c2ccccc21.CC1(C)c2ccccc2-c2ccccc21.CCCCn1c2ccccc2c2ccccc21. The van der Waals surface area contributed by atoms with Crippen molar-refractivity contribution in [3.63, 3.8) is 0 Å². The van der Waals surface area contributed by atoms with Crippen molar-refractivity contribution in [1.29, 1.82) is 0 Å². The molecule has 2 heterocycles. The third kappa shape index (κ3) is 9.41. The second-order valence-electron chi connectivity index (χ2n) is 18.0. The summed E-state index contributed by atoms with van der Waals surface area (Å²) >= 11 is 0. The summed E-state index contributed by atoms with van der Waals surface area (Å²) in [4.78, 5) is 0. The fourth-order valence-corrected chi connectivity index (χ4v) is 10.2. The number of unbranched alkanes of at least 4 members (excludes halogenated alkanes) is 1. The van der Waals surface area contributed by atoms with Crippen LogP contribution in [0.15, 0.2) is 194 Å². The zero-order chi connectivity index (χ0) is 48.3.